The first-order valence-electron chi connectivity index (χ1n) is 2.87. The zero-order valence-electron chi connectivity index (χ0n) is 5.05. The Hall–Kier alpha value is -0.850. The van der Waals surface area contributed by atoms with Crippen molar-refractivity contribution in [3.63, 3.8) is 0 Å². The minimum Gasteiger partial charge on any atom is -0.250 e. The lowest BCUT2D eigenvalue weighted by atomic mass is 10.2. The average molecular weight is 123 g/mol. The first-order chi connectivity index (χ1) is 4.43. The van der Waals surface area contributed by atoms with Crippen LogP contribution in [0.3, 0.4) is 0 Å². The van der Waals surface area contributed by atoms with Gasteiger partial charge < -0.3 is 0 Å². The molecule has 0 nitrogen and oxygen atoms in total. The van der Waals surface area contributed by atoms with Gasteiger partial charge in [-0.1, -0.05) is 30.3 Å². The third kappa shape index (κ3) is 1.84. The number of alkyl halides is 1. The summed E-state index contributed by atoms with van der Waals surface area (Å²) in [7, 11) is 0. The highest BCUT2D eigenvalue weighted by Crippen LogP contribution is 2.00. The molecule has 0 saturated carbocycles. The smallest absolute Gasteiger partial charge is 0.0969 e. The summed E-state index contributed by atoms with van der Waals surface area (Å²) in [6.07, 6.45) is 1.54. The zero-order valence-corrected chi connectivity index (χ0v) is 5.05. The second-order valence-electron chi connectivity index (χ2n) is 1.77. The van der Waals surface area contributed by atoms with Gasteiger partial charge in [0.05, 0.1) is 6.67 Å². The van der Waals surface area contributed by atoms with E-state index in [2.05, 4.69) is 0 Å². The fourth-order valence-electron chi connectivity index (χ4n) is 0.678. The molecule has 1 heteroatoms. The van der Waals surface area contributed by atoms with Gasteiger partial charge in [0, 0.05) is 6.42 Å². The minimum atomic E-state index is -0.385. The van der Waals surface area contributed by atoms with Crippen LogP contribution in [-0.4, -0.2) is 6.67 Å². The summed E-state index contributed by atoms with van der Waals surface area (Å²) in [5.74, 6) is 0. The summed E-state index contributed by atoms with van der Waals surface area (Å²) in [4.78, 5) is 0. The average Bonchev–Trinajstić information content (AvgIpc) is 1.91. The summed E-state index contributed by atoms with van der Waals surface area (Å²) in [6, 6.07) is 9.44. The minimum absolute atomic E-state index is 0.385. The number of halogens is 1. The monoisotopic (exact) mass is 123 g/mol. The molecule has 0 amide bonds. The first-order valence-corrected chi connectivity index (χ1v) is 2.87. The molecule has 1 aromatic rings. The summed E-state index contributed by atoms with van der Waals surface area (Å²) in [5, 5.41) is 0. The van der Waals surface area contributed by atoms with E-state index in [1.807, 2.05) is 30.3 Å². The third-order valence-corrected chi connectivity index (χ3v) is 1.11. The van der Waals surface area contributed by atoms with Crippen molar-refractivity contribution in [1.82, 2.24) is 0 Å². The van der Waals surface area contributed by atoms with Gasteiger partial charge in [-0.05, 0) is 5.56 Å². The molecule has 1 radical (unpaired) electrons. The fourth-order valence-corrected chi connectivity index (χ4v) is 0.678. The highest BCUT2D eigenvalue weighted by molar-refractivity contribution is 5.22. The lowest BCUT2D eigenvalue weighted by Gasteiger charge is -1.91. The zero-order chi connectivity index (χ0) is 6.53. The summed E-state index contributed by atoms with van der Waals surface area (Å²) < 4.78 is 11.6. The molecular formula is C8H8F. The predicted octanol–water partition coefficient (Wildman–Crippen LogP) is 2.21. The Balaban J connectivity index is 2.61. The van der Waals surface area contributed by atoms with E-state index >= 15 is 0 Å². The summed E-state index contributed by atoms with van der Waals surface area (Å²) in [5.41, 5.74) is 0.944. The molecule has 0 N–H and O–H groups in total. The van der Waals surface area contributed by atoms with E-state index in [0.717, 1.165) is 5.56 Å². The fraction of sp³-hybridized carbons (Fsp3) is 0.125. The van der Waals surface area contributed by atoms with Gasteiger partial charge in [-0.3, -0.25) is 4.39 Å². The highest BCUT2D eigenvalue weighted by Gasteiger charge is 1.87. The van der Waals surface area contributed by atoms with E-state index in [1.165, 1.54) is 0 Å². The Bertz CT molecular complexity index is 157. The molecule has 0 aliphatic heterocycles. The van der Waals surface area contributed by atoms with Crippen LogP contribution in [0.1, 0.15) is 5.56 Å². The maximum Gasteiger partial charge on any atom is 0.0969 e. The molecular weight excluding hydrogens is 115 g/mol. The lowest BCUT2D eigenvalue weighted by molar-refractivity contribution is 0.544. The lowest BCUT2D eigenvalue weighted by Crippen LogP contribution is -1.79. The highest BCUT2D eigenvalue weighted by atomic mass is 19.1. The Kier molecular flexibility index (Phi) is 2.25. The standard InChI is InChI=1S/C8H8F/c9-7-6-8-4-2-1-3-5-8/h1-6H,7H2. The second kappa shape index (κ2) is 3.23. The molecule has 0 aliphatic carbocycles. The van der Waals surface area contributed by atoms with Gasteiger partial charge in [0.15, 0.2) is 0 Å². The summed E-state index contributed by atoms with van der Waals surface area (Å²) >= 11 is 0. The molecule has 1 aromatic carbocycles. The number of rotatable bonds is 2. The number of benzene rings is 1. The third-order valence-electron chi connectivity index (χ3n) is 1.11. The van der Waals surface area contributed by atoms with E-state index in [0.29, 0.717) is 0 Å². The van der Waals surface area contributed by atoms with Crippen molar-refractivity contribution < 1.29 is 4.39 Å². The van der Waals surface area contributed by atoms with E-state index in [4.69, 9.17) is 0 Å². The van der Waals surface area contributed by atoms with Crippen molar-refractivity contribution in [2.24, 2.45) is 0 Å². The molecule has 0 heterocycles. The van der Waals surface area contributed by atoms with Crippen LogP contribution in [-0.2, 0) is 0 Å². The van der Waals surface area contributed by atoms with Crippen LogP contribution in [0, 0.1) is 6.42 Å². The van der Waals surface area contributed by atoms with Gasteiger partial charge in [-0.15, -0.1) is 0 Å². The Labute approximate surface area is 54.3 Å². The van der Waals surface area contributed by atoms with Crippen molar-refractivity contribution in [3.05, 3.63) is 42.3 Å². The van der Waals surface area contributed by atoms with Crippen molar-refractivity contribution in [2.45, 2.75) is 0 Å². The van der Waals surface area contributed by atoms with E-state index < -0.39 is 0 Å². The largest absolute Gasteiger partial charge is 0.250 e. The van der Waals surface area contributed by atoms with Crippen LogP contribution in [0.2, 0.25) is 0 Å². The Morgan fingerprint density at radius 2 is 1.89 bits per heavy atom. The van der Waals surface area contributed by atoms with E-state index in [-0.39, 0.29) is 6.67 Å². The molecule has 0 bridgehead atoms. The van der Waals surface area contributed by atoms with Crippen LogP contribution < -0.4 is 0 Å². The Morgan fingerprint density at radius 1 is 1.22 bits per heavy atom. The van der Waals surface area contributed by atoms with Crippen LogP contribution in [0.15, 0.2) is 30.3 Å². The van der Waals surface area contributed by atoms with Gasteiger partial charge in [0.2, 0.25) is 0 Å². The molecule has 0 aromatic heterocycles. The van der Waals surface area contributed by atoms with Gasteiger partial charge >= 0.3 is 0 Å². The maximum atomic E-state index is 11.6. The van der Waals surface area contributed by atoms with Crippen molar-refractivity contribution in [2.75, 3.05) is 6.67 Å². The molecule has 0 spiro atoms. The molecule has 0 fully saturated rings. The molecule has 47 valence electrons. The summed E-state index contributed by atoms with van der Waals surface area (Å²) in [6.45, 7) is -0.385. The van der Waals surface area contributed by atoms with Gasteiger partial charge in [0.1, 0.15) is 0 Å². The quantitative estimate of drug-likeness (QED) is 0.565. The normalized spacial score (nSPS) is 9.44. The van der Waals surface area contributed by atoms with Crippen LogP contribution in [0.5, 0.6) is 0 Å². The van der Waals surface area contributed by atoms with Crippen molar-refractivity contribution >= 4 is 0 Å². The van der Waals surface area contributed by atoms with Crippen LogP contribution >= 0.6 is 0 Å². The van der Waals surface area contributed by atoms with E-state index in [1.54, 1.807) is 6.42 Å². The van der Waals surface area contributed by atoms with Gasteiger partial charge in [-0.25, -0.2) is 0 Å². The maximum absolute atomic E-state index is 11.6. The molecule has 0 atom stereocenters. The Morgan fingerprint density at radius 3 is 2.44 bits per heavy atom. The van der Waals surface area contributed by atoms with Gasteiger partial charge in [-0.2, -0.15) is 0 Å². The number of hydrogen-bond donors (Lipinski definition) is 0. The van der Waals surface area contributed by atoms with Crippen LogP contribution in [0.25, 0.3) is 0 Å². The SMILES string of the molecule is FC[CH]c1ccccc1. The molecule has 1 rings (SSSR count). The predicted molar refractivity (Wildman–Crippen MR) is 35.8 cm³/mol. The molecule has 9 heavy (non-hydrogen) atoms. The van der Waals surface area contributed by atoms with Crippen molar-refractivity contribution in [1.29, 1.82) is 0 Å². The molecule has 0 unspecified atom stereocenters. The van der Waals surface area contributed by atoms with Crippen molar-refractivity contribution in [3.8, 4) is 0 Å². The van der Waals surface area contributed by atoms with Gasteiger partial charge in [0.25, 0.3) is 0 Å². The molecule has 0 aliphatic rings. The first kappa shape index (κ1) is 6.27. The van der Waals surface area contributed by atoms with E-state index in [9.17, 15) is 4.39 Å². The number of hydrogen-bond acceptors (Lipinski definition) is 0. The molecule has 0 saturated heterocycles. The second-order valence-corrected chi connectivity index (χ2v) is 1.77. The topological polar surface area (TPSA) is 0 Å². The van der Waals surface area contributed by atoms with Crippen LogP contribution in [0.4, 0.5) is 4.39 Å².